The van der Waals surface area contributed by atoms with Gasteiger partial charge in [-0.05, 0) is 64.7 Å². The zero-order valence-corrected chi connectivity index (χ0v) is 21.3. The van der Waals surface area contributed by atoms with Crippen LogP contribution in [0.3, 0.4) is 0 Å². The van der Waals surface area contributed by atoms with E-state index in [1.54, 1.807) is 30.3 Å². The van der Waals surface area contributed by atoms with Gasteiger partial charge < -0.3 is 29.1 Å². The molecule has 0 spiro atoms. The molecular formula is C27H34N2O6. The number of hydrogen-bond acceptors (Lipinski definition) is 7. The van der Waals surface area contributed by atoms with Crippen molar-refractivity contribution in [3.63, 3.8) is 0 Å². The van der Waals surface area contributed by atoms with E-state index in [1.165, 1.54) is 12.0 Å². The summed E-state index contributed by atoms with van der Waals surface area (Å²) >= 11 is 0. The van der Waals surface area contributed by atoms with Gasteiger partial charge in [-0.25, -0.2) is 0 Å². The van der Waals surface area contributed by atoms with Crippen LogP contribution in [0.5, 0.6) is 17.2 Å². The fraction of sp³-hybridized carbons (Fsp3) is 0.407. The Morgan fingerprint density at radius 2 is 1.66 bits per heavy atom. The van der Waals surface area contributed by atoms with Gasteiger partial charge >= 0.3 is 0 Å². The summed E-state index contributed by atoms with van der Waals surface area (Å²) in [6, 6.07) is 9.86. The average molecular weight is 483 g/mol. The lowest BCUT2D eigenvalue weighted by molar-refractivity contribution is -0.140. The van der Waals surface area contributed by atoms with Crippen LogP contribution in [-0.2, 0) is 9.59 Å². The van der Waals surface area contributed by atoms with E-state index in [0.29, 0.717) is 54.7 Å². The van der Waals surface area contributed by atoms with Crippen LogP contribution in [0.1, 0.15) is 36.6 Å². The van der Waals surface area contributed by atoms with Crippen molar-refractivity contribution >= 4 is 17.4 Å². The molecule has 1 amide bonds. The van der Waals surface area contributed by atoms with Crippen molar-refractivity contribution in [2.45, 2.75) is 26.8 Å². The van der Waals surface area contributed by atoms with E-state index in [-0.39, 0.29) is 11.3 Å². The third-order valence-corrected chi connectivity index (χ3v) is 5.82. The second-order valence-electron chi connectivity index (χ2n) is 8.57. The van der Waals surface area contributed by atoms with Crippen LogP contribution < -0.4 is 14.2 Å². The predicted molar refractivity (Wildman–Crippen MR) is 134 cm³/mol. The molecule has 1 atom stereocenters. The Hall–Kier alpha value is -3.52. The van der Waals surface area contributed by atoms with Crippen molar-refractivity contribution in [3.8, 4) is 17.2 Å². The highest BCUT2D eigenvalue weighted by molar-refractivity contribution is 6.46. The van der Waals surface area contributed by atoms with Gasteiger partial charge in [0.1, 0.15) is 11.5 Å². The summed E-state index contributed by atoms with van der Waals surface area (Å²) in [7, 11) is 5.29. The van der Waals surface area contributed by atoms with E-state index in [0.717, 1.165) is 5.56 Å². The molecule has 188 valence electrons. The summed E-state index contributed by atoms with van der Waals surface area (Å²) in [5, 5.41) is 11.4. The molecular weight excluding hydrogens is 448 g/mol. The van der Waals surface area contributed by atoms with Gasteiger partial charge in [0.25, 0.3) is 11.7 Å². The standard InChI is InChI=1S/C27H34N2O6/c1-7-34-21-12-10-18(16-22(21)35-8-2)24-23(26(31)27(32)29(24)14-13-28(4)5)25(30)19-15-17(3)9-11-20(19)33-6/h9-12,15-16,24,30H,7-8,13-14H2,1-6H3/b25-23+. The number of rotatable bonds is 10. The van der Waals surface area contributed by atoms with Crippen molar-refractivity contribution in [1.82, 2.24) is 9.80 Å². The minimum atomic E-state index is -0.796. The lowest BCUT2D eigenvalue weighted by Gasteiger charge is -2.27. The third-order valence-electron chi connectivity index (χ3n) is 5.82. The fourth-order valence-corrected chi connectivity index (χ4v) is 4.15. The molecule has 0 saturated carbocycles. The topological polar surface area (TPSA) is 88.5 Å². The Labute approximate surface area is 206 Å². The number of likely N-dealkylation sites (tertiary alicyclic amines) is 1. The molecule has 1 heterocycles. The zero-order valence-electron chi connectivity index (χ0n) is 21.3. The smallest absolute Gasteiger partial charge is 0.295 e. The fourth-order valence-electron chi connectivity index (χ4n) is 4.15. The first-order chi connectivity index (χ1) is 16.7. The molecule has 0 aliphatic carbocycles. The van der Waals surface area contributed by atoms with Crippen molar-refractivity contribution in [2.24, 2.45) is 0 Å². The van der Waals surface area contributed by atoms with E-state index in [9.17, 15) is 14.7 Å². The maximum atomic E-state index is 13.3. The number of carbonyl (C=O) groups excluding carboxylic acids is 2. The molecule has 8 nitrogen and oxygen atoms in total. The Morgan fingerprint density at radius 3 is 2.29 bits per heavy atom. The van der Waals surface area contributed by atoms with Crippen molar-refractivity contribution in [3.05, 3.63) is 58.7 Å². The minimum absolute atomic E-state index is 0.0178. The van der Waals surface area contributed by atoms with Crippen LogP contribution in [0.15, 0.2) is 42.0 Å². The summed E-state index contributed by atoms with van der Waals surface area (Å²) in [5.74, 6) is -0.165. The van der Waals surface area contributed by atoms with Crippen molar-refractivity contribution in [2.75, 3.05) is 47.5 Å². The second-order valence-corrected chi connectivity index (χ2v) is 8.57. The van der Waals surface area contributed by atoms with Gasteiger partial charge in [-0.3, -0.25) is 9.59 Å². The first-order valence-electron chi connectivity index (χ1n) is 11.7. The normalized spacial score (nSPS) is 17.2. The number of carbonyl (C=O) groups is 2. The molecule has 1 unspecified atom stereocenters. The number of ether oxygens (including phenoxy) is 3. The molecule has 35 heavy (non-hydrogen) atoms. The third kappa shape index (κ3) is 5.43. The van der Waals surface area contributed by atoms with Crippen LogP contribution in [0.2, 0.25) is 0 Å². The molecule has 1 aliphatic rings. The Balaban J connectivity index is 2.24. The Morgan fingerprint density at radius 1 is 1.00 bits per heavy atom. The highest BCUT2D eigenvalue weighted by atomic mass is 16.5. The molecule has 1 aliphatic heterocycles. The molecule has 1 N–H and O–H groups in total. The van der Waals surface area contributed by atoms with Gasteiger partial charge in [0, 0.05) is 13.1 Å². The molecule has 2 aromatic carbocycles. The summed E-state index contributed by atoms with van der Waals surface area (Å²) in [6.07, 6.45) is 0. The number of likely N-dealkylation sites (N-methyl/N-ethyl adjacent to an activating group) is 1. The van der Waals surface area contributed by atoms with E-state index in [2.05, 4.69) is 0 Å². The molecule has 8 heteroatoms. The summed E-state index contributed by atoms with van der Waals surface area (Å²) in [5.41, 5.74) is 1.90. The van der Waals surface area contributed by atoms with Crippen molar-refractivity contribution in [1.29, 1.82) is 0 Å². The van der Waals surface area contributed by atoms with Crippen LogP contribution in [0.25, 0.3) is 5.76 Å². The summed E-state index contributed by atoms with van der Waals surface area (Å²) < 4.78 is 16.9. The zero-order chi connectivity index (χ0) is 25.7. The van der Waals surface area contributed by atoms with E-state index in [4.69, 9.17) is 14.2 Å². The quantitative estimate of drug-likeness (QED) is 0.313. The lowest BCUT2D eigenvalue weighted by atomic mass is 9.94. The van der Waals surface area contributed by atoms with Crippen LogP contribution in [0, 0.1) is 6.92 Å². The van der Waals surface area contributed by atoms with Gasteiger partial charge in [-0.2, -0.15) is 0 Å². The summed E-state index contributed by atoms with van der Waals surface area (Å²) in [4.78, 5) is 29.9. The Bertz CT molecular complexity index is 1120. The molecule has 1 fully saturated rings. The van der Waals surface area contributed by atoms with Gasteiger partial charge in [0.05, 0.1) is 37.5 Å². The number of benzene rings is 2. The molecule has 1 saturated heterocycles. The van der Waals surface area contributed by atoms with Crippen LogP contribution in [0.4, 0.5) is 0 Å². The number of nitrogens with zero attached hydrogens (tertiary/aromatic N) is 2. The molecule has 0 bridgehead atoms. The molecule has 2 aromatic rings. The van der Waals surface area contributed by atoms with Gasteiger partial charge in [0.2, 0.25) is 0 Å². The Kier molecular flexibility index (Phi) is 8.40. The number of aliphatic hydroxyl groups excluding tert-OH is 1. The largest absolute Gasteiger partial charge is 0.507 e. The van der Waals surface area contributed by atoms with Crippen LogP contribution >= 0.6 is 0 Å². The number of amides is 1. The van der Waals surface area contributed by atoms with Gasteiger partial charge in [0.15, 0.2) is 11.5 Å². The van der Waals surface area contributed by atoms with Gasteiger partial charge in [-0.1, -0.05) is 17.7 Å². The SMILES string of the molecule is CCOc1ccc(C2/C(=C(\O)c3cc(C)ccc3OC)C(=O)C(=O)N2CCN(C)C)cc1OCC. The molecule has 3 rings (SSSR count). The lowest BCUT2D eigenvalue weighted by Crippen LogP contribution is -2.35. The highest BCUT2D eigenvalue weighted by Gasteiger charge is 2.46. The molecule has 0 aromatic heterocycles. The predicted octanol–water partition coefficient (Wildman–Crippen LogP) is 3.78. The highest BCUT2D eigenvalue weighted by Crippen LogP contribution is 2.43. The number of ketones is 1. The first kappa shape index (κ1) is 26.1. The van der Waals surface area contributed by atoms with E-state index < -0.39 is 17.7 Å². The monoisotopic (exact) mass is 482 g/mol. The number of aliphatic hydroxyl groups is 1. The number of Topliss-reactive ketones (excluding diaryl/α,β-unsaturated/α-hetero) is 1. The maximum Gasteiger partial charge on any atom is 0.295 e. The minimum Gasteiger partial charge on any atom is -0.507 e. The van der Waals surface area contributed by atoms with Crippen molar-refractivity contribution < 1.29 is 28.9 Å². The number of methoxy groups -OCH3 is 1. The average Bonchev–Trinajstić information content (AvgIpc) is 3.08. The van der Waals surface area contributed by atoms with Gasteiger partial charge in [-0.15, -0.1) is 0 Å². The molecule has 0 radical (unpaired) electrons. The number of aryl methyl sites for hydroxylation is 1. The van der Waals surface area contributed by atoms with Crippen LogP contribution in [-0.4, -0.2) is 74.1 Å². The second kappa shape index (κ2) is 11.3. The number of hydrogen-bond donors (Lipinski definition) is 1. The van der Waals surface area contributed by atoms with E-state index >= 15 is 0 Å². The maximum absolute atomic E-state index is 13.3. The van der Waals surface area contributed by atoms with E-state index in [1.807, 2.05) is 45.8 Å². The first-order valence-corrected chi connectivity index (χ1v) is 11.7. The summed E-state index contributed by atoms with van der Waals surface area (Å²) in [6.45, 7) is 7.38.